The molecule has 1 aliphatic heterocycles. The van der Waals surface area contributed by atoms with E-state index in [1.807, 2.05) is 0 Å². The summed E-state index contributed by atoms with van der Waals surface area (Å²) in [5.41, 5.74) is 0.406. The first-order chi connectivity index (χ1) is 8.58. The summed E-state index contributed by atoms with van der Waals surface area (Å²) in [4.78, 5) is 24.5. The molecule has 1 aliphatic rings. The molecule has 2 rings (SSSR count). The Morgan fingerprint density at radius 3 is 2.50 bits per heavy atom. The second-order valence-electron chi connectivity index (χ2n) is 4.38. The van der Waals surface area contributed by atoms with Crippen molar-refractivity contribution in [3.8, 4) is 0 Å². The fourth-order valence-corrected chi connectivity index (χ4v) is 2.00. The first-order valence-corrected chi connectivity index (χ1v) is 5.94. The second-order valence-corrected chi connectivity index (χ2v) is 4.38. The Hall–Kier alpha value is -1.91. The van der Waals surface area contributed by atoms with E-state index in [0.29, 0.717) is 5.69 Å². The summed E-state index contributed by atoms with van der Waals surface area (Å²) in [5, 5.41) is 2.63. The number of nitrogens with one attached hydrogen (secondary N) is 1. The lowest BCUT2D eigenvalue weighted by Crippen LogP contribution is -2.32. The smallest absolute Gasteiger partial charge is 0.321 e. The first-order valence-electron chi connectivity index (χ1n) is 5.94. The predicted octanol–water partition coefficient (Wildman–Crippen LogP) is 2.66. The van der Waals surface area contributed by atoms with Crippen molar-refractivity contribution >= 4 is 17.5 Å². The number of rotatable bonds is 2. The van der Waals surface area contributed by atoms with Crippen LogP contribution in [0.25, 0.3) is 0 Å². The van der Waals surface area contributed by atoms with Crippen LogP contribution in [0.1, 0.15) is 30.1 Å². The van der Waals surface area contributed by atoms with Gasteiger partial charge >= 0.3 is 6.03 Å². The second kappa shape index (κ2) is 5.16. The third kappa shape index (κ3) is 2.67. The third-order valence-corrected chi connectivity index (χ3v) is 2.99. The quantitative estimate of drug-likeness (QED) is 0.820. The highest BCUT2D eigenvalue weighted by Gasteiger charge is 2.18. The van der Waals surface area contributed by atoms with Crippen LogP contribution in [-0.2, 0) is 0 Å². The molecule has 1 N–H and O–H groups in total. The molecular weight excluding hydrogens is 235 g/mol. The summed E-state index contributed by atoms with van der Waals surface area (Å²) in [6.07, 6.45) is 2.01. The van der Waals surface area contributed by atoms with Gasteiger partial charge in [-0.1, -0.05) is 0 Å². The largest absolute Gasteiger partial charge is 0.325 e. The molecule has 96 valence electrons. The molecule has 1 heterocycles. The van der Waals surface area contributed by atoms with E-state index in [1.54, 1.807) is 4.90 Å². The number of Topliss-reactive ketones (excluding diaryl/α,β-unsaturated/α-hetero) is 1. The number of nitrogens with zero attached hydrogens (tertiary/aromatic N) is 1. The maximum atomic E-state index is 13.5. The molecule has 0 aliphatic carbocycles. The summed E-state index contributed by atoms with van der Waals surface area (Å²) in [6.45, 7) is 2.78. The summed E-state index contributed by atoms with van der Waals surface area (Å²) in [7, 11) is 0. The molecule has 0 radical (unpaired) electrons. The molecule has 0 unspecified atom stereocenters. The minimum atomic E-state index is -0.610. The Morgan fingerprint density at radius 2 is 1.94 bits per heavy atom. The number of benzene rings is 1. The highest BCUT2D eigenvalue weighted by molar-refractivity contribution is 5.95. The average Bonchev–Trinajstić information content (AvgIpc) is 2.81. The zero-order chi connectivity index (χ0) is 13.1. The minimum Gasteiger partial charge on any atom is -0.325 e. The number of amides is 2. The highest BCUT2D eigenvalue weighted by Crippen LogP contribution is 2.16. The van der Waals surface area contributed by atoms with Gasteiger partial charge in [0.15, 0.2) is 5.78 Å². The van der Waals surface area contributed by atoms with Crippen molar-refractivity contribution in [1.29, 1.82) is 0 Å². The molecule has 1 saturated heterocycles. The number of anilines is 1. The average molecular weight is 250 g/mol. The predicted molar refractivity (Wildman–Crippen MR) is 66.2 cm³/mol. The lowest BCUT2D eigenvalue weighted by Gasteiger charge is -2.16. The molecule has 2 amide bonds. The van der Waals surface area contributed by atoms with E-state index in [4.69, 9.17) is 0 Å². The van der Waals surface area contributed by atoms with Crippen LogP contribution in [0.3, 0.4) is 0 Å². The Labute approximate surface area is 105 Å². The Morgan fingerprint density at radius 1 is 1.28 bits per heavy atom. The van der Waals surface area contributed by atoms with Gasteiger partial charge in [-0.2, -0.15) is 0 Å². The molecule has 4 nitrogen and oxygen atoms in total. The maximum Gasteiger partial charge on any atom is 0.321 e. The summed E-state index contributed by atoms with van der Waals surface area (Å²) >= 11 is 0. The molecule has 5 heteroatoms. The molecule has 0 bridgehead atoms. The number of halogens is 1. The van der Waals surface area contributed by atoms with Crippen LogP contribution >= 0.6 is 0 Å². The monoisotopic (exact) mass is 250 g/mol. The fourth-order valence-electron chi connectivity index (χ4n) is 2.00. The van der Waals surface area contributed by atoms with E-state index in [0.717, 1.165) is 25.9 Å². The SMILES string of the molecule is CC(=O)c1ccc(NC(=O)N2CCCC2)cc1F. The van der Waals surface area contributed by atoms with Gasteiger partial charge in [0.2, 0.25) is 0 Å². The van der Waals surface area contributed by atoms with Gasteiger partial charge in [0.05, 0.1) is 5.56 Å². The molecule has 0 saturated carbocycles. The van der Waals surface area contributed by atoms with Crippen LogP contribution in [0.4, 0.5) is 14.9 Å². The zero-order valence-electron chi connectivity index (χ0n) is 10.2. The number of carbonyl (C=O) groups excluding carboxylic acids is 2. The molecule has 1 aromatic carbocycles. The van der Waals surface area contributed by atoms with Gasteiger partial charge < -0.3 is 10.2 Å². The molecule has 0 spiro atoms. The van der Waals surface area contributed by atoms with Gasteiger partial charge in [-0.15, -0.1) is 0 Å². The number of likely N-dealkylation sites (tertiary alicyclic amines) is 1. The van der Waals surface area contributed by atoms with Crippen molar-refractivity contribution in [2.75, 3.05) is 18.4 Å². The van der Waals surface area contributed by atoms with Crippen molar-refractivity contribution in [2.24, 2.45) is 0 Å². The van der Waals surface area contributed by atoms with Crippen LogP contribution in [0, 0.1) is 5.82 Å². The maximum absolute atomic E-state index is 13.5. The Balaban J connectivity index is 2.07. The van der Waals surface area contributed by atoms with Gasteiger partial charge in [-0.05, 0) is 38.0 Å². The first kappa shape index (κ1) is 12.5. The molecule has 0 atom stereocenters. The zero-order valence-corrected chi connectivity index (χ0v) is 10.2. The molecule has 1 fully saturated rings. The standard InChI is InChI=1S/C13H15FN2O2/c1-9(17)11-5-4-10(8-12(11)14)15-13(18)16-6-2-3-7-16/h4-5,8H,2-3,6-7H2,1H3,(H,15,18). The van der Waals surface area contributed by atoms with Crippen LogP contribution in [0.2, 0.25) is 0 Å². The van der Waals surface area contributed by atoms with E-state index >= 15 is 0 Å². The Kier molecular flexibility index (Phi) is 3.60. The van der Waals surface area contributed by atoms with Crippen molar-refractivity contribution < 1.29 is 14.0 Å². The topological polar surface area (TPSA) is 49.4 Å². The number of urea groups is 1. The highest BCUT2D eigenvalue weighted by atomic mass is 19.1. The van der Waals surface area contributed by atoms with E-state index < -0.39 is 5.82 Å². The summed E-state index contributed by atoms with van der Waals surface area (Å²) < 4.78 is 13.5. The van der Waals surface area contributed by atoms with Gasteiger partial charge in [0, 0.05) is 18.8 Å². The molecule has 1 aromatic rings. The third-order valence-electron chi connectivity index (χ3n) is 2.99. The van der Waals surface area contributed by atoms with E-state index in [1.165, 1.54) is 25.1 Å². The van der Waals surface area contributed by atoms with Crippen molar-refractivity contribution in [2.45, 2.75) is 19.8 Å². The van der Waals surface area contributed by atoms with E-state index in [2.05, 4.69) is 5.32 Å². The lowest BCUT2D eigenvalue weighted by molar-refractivity contribution is 0.101. The Bertz CT molecular complexity index is 482. The number of hydrogen-bond donors (Lipinski definition) is 1. The fraction of sp³-hybridized carbons (Fsp3) is 0.385. The number of carbonyl (C=O) groups is 2. The summed E-state index contributed by atoms with van der Waals surface area (Å²) in [6, 6.07) is 3.87. The van der Waals surface area contributed by atoms with Crippen molar-refractivity contribution in [1.82, 2.24) is 4.90 Å². The number of hydrogen-bond acceptors (Lipinski definition) is 2. The minimum absolute atomic E-state index is 0.0363. The normalized spacial score (nSPS) is 14.7. The molecule has 0 aromatic heterocycles. The summed E-state index contributed by atoms with van der Waals surface area (Å²) in [5.74, 6) is -0.938. The van der Waals surface area contributed by atoms with Crippen molar-refractivity contribution in [3.63, 3.8) is 0 Å². The van der Waals surface area contributed by atoms with Crippen LogP contribution < -0.4 is 5.32 Å². The van der Waals surface area contributed by atoms with Crippen LogP contribution in [-0.4, -0.2) is 29.8 Å². The molecule has 18 heavy (non-hydrogen) atoms. The van der Waals surface area contributed by atoms with Crippen LogP contribution in [0.5, 0.6) is 0 Å². The van der Waals surface area contributed by atoms with Gasteiger partial charge in [0.25, 0.3) is 0 Å². The van der Waals surface area contributed by atoms with Gasteiger partial charge in [-0.25, -0.2) is 9.18 Å². The van der Waals surface area contributed by atoms with Gasteiger partial charge in [0.1, 0.15) is 5.82 Å². The van der Waals surface area contributed by atoms with Crippen LogP contribution in [0.15, 0.2) is 18.2 Å². The lowest BCUT2D eigenvalue weighted by atomic mass is 10.1. The van der Waals surface area contributed by atoms with Gasteiger partial charge in [-0.3, -0.25) is 4.79 Å². The number of ketones is 1. The molecular formula is C13H15FN2O2. The van der Waals surface area contributed by atoms with Crippen molar-refractivity contribution in [3.05, 3.63) is 29.6 Å². The van der Waals surface area contributed by atoms with E-state index in [9.17, 15) is 14.0 Å². The van der Waals surface area contributed by atoms with E-state index in [-0.39, 0.29) is 17.4 Å².